The number of likely N-dealkylation sites (tertiary alicyclic amines) is 1. The summed E-state index contributed by atoms with van der Waals surface area (Å²) >= 11 is 0. The third-order valence-electron chi connectivity index (χ3n) is 2.63. The molecule has 0 aliphatic carbocycles. The molecule has 1 unspecified atom stereocenters. The fourth-order valence-electron chi connectivity index (χ4n) is 1.87. The fourth-order valence-corrected chi connectivity index (χ4v) is 1.87. The summed E-state index contributed by atoms with van der Waals surface area (Å²) in [7, 11) is 0. The third kappa shape index (κ3) is 2.83. The smallest absolute Gasteiger partial charge is 0.407 e. The van der Waals surface area contributed by atoms with Gasteiger partial charge in [0.25, 0.3) is 0 Å². The van der Waals surface area contributed by atoms with Crippen LogP contribution in [0.4, 0.5) is 9.18 Å². The Bertz CT molecular complexity index is 213. The molecule has 0 aromatic heterocycles. The Labute approximate surface area is 82.9 Å². The van der Waals surface area contributed by atoms with E-state index in [-0.39, 0.29) is 6.54 Å². The Morgan fingerprint density at radius 3 is 2.93 bits per heavy atom. The van der Waals surface area contributed by atoms with Crippen molar-refractivity contribution in [2.45, 2.75) is 31.4 Å². The van der Waals surface area contributed by atoms with E-state index >= 15 is 0 Å². The molecule has 1 heterocycles. The van der Waals surface area contributed by atoms with E-state index in [1.165, 1.54) is 0 Å². The molecule has 1 fully saturated rings. The zero-order chi connectivity index (χ0) is 10.6. The van der Waals surface area contributed by atoms with Gasteiger partial charge in [0.05, 0.1) is 6.54 Å². The number of hydrogen-bond acceptors (Lipinski definition) is 2. The Morgan fingerprint density at radius 2 is 2.36 bits per heavy atom. The normalized spacial score (nSPS) is 27.7. The number of nitrogens with two attached hydrogens (primary N) is 1. The second kappa shape index (κ2) is 4.59. The summed E-state index contributed by atoms with van der Waals surface area (Å²) in [6, 6.07) is 0. The Hall–Kier alpha value is -0.840. The number of piperidine rings is 1. The standard InChI is InChI=1S/C9H17FN2O2/c10-9(3-1-5-11)4-2-6-12(7-9)8(13)14/h1-7,11H2,(H,13,14). The average molecular weight is 204 g/mol. The molecule has 0 spiro atoms. The zero-order valence-corrected chi connectivity index (χ0v) is 8.21. The molecular weight excluding hydrogens is 187 g/mol. The first-order chi connectivity index (χ1) is 6.57. The number of carboxylic acid groups (broad SMARTS) is 1. The van der Waals surface area contributed by atoms with Gasteiger partial charge >= 0.3 is 6.09 Å². The molecule has 1 atom stereocenters. The minimum atomic E-state index is -1.35. The van der Waals surface area contributed by atoms with Crippen molar-refractivity contribution >= 4 is 6.09 Å². The maximum absolute atomic E-state index is 14.0. The molecule has 3 N–H and O–H groups in total. The van der Waals surface area contributed by atoms with Crippen molar-refractivity contribution in [2.75, 3.05) is 19.6 Å². The molecule has 1 aliphatic heterocycles. The molecule has 0 bridgehead atoms. The van der Waals surface area contributed by atoms with Crippen LogP contribution in [0.3, 0.4) is 0 Å². The maximum Gasteiger partial charge on any atom is 0.407 e. The molecule has 4 nitrogen and oxygen atoms in total. The van der Waals surface area contributed by atoms with Gasteiger partial charge in [0.2, 0.25) is 0 Å². The van der Waals surface area contributed by atoms with Crippen LogP contribution in [0, 0.1) is 0 Å². The Balaban J connectivity index is 2.48. The van der Waals surface area contributed by atoms with Crippen LogP contribution < -0.4 is 5.73 Å². The minimum absolute atomic E-state index is 0.00231. The molecule has 1 saturated heterocycles. The first-order valence-electron chi connectivity index (χ1n) is 4.94. The number of hydrogen-bond donors (Lipinski definition) is 2. The predicted octanol–water partition coefficient (Wildman–Crippen LogP) is 1.21. The molecule has 0 aromatic rings. The van der Waals surface area contributed by atoms with Crippen LogP contribution in [-0.4, -0.2) is 41.4 Å². The van der Waals surface area contributed by atoms with Crippen molar-refractivity contribution in [3.05, 3.63) is 0 Å². The van der Waals surface area contributed by atoms with Crippen LogP contribution in [0.15, 0.2) is 0 Å². The number of halogens is 1. The molecule has 0 radical (unpaired) electrons. The highest BCUT2D eigenvalue weighted by molar-refractivity contribution is 5.65. The van der Waals surface area contributed by atoms with E-state index in [0.717, 1.165) is 4.90 Å². The first kappa shape index (κ1) is 11.2. The lowest BCUT2D eigenvalue weighted by Gasteiger charge is -2.35. The van der Waals surface area contributed by atoms with Crippen molar-refractivity contribution in [3.8, 4) is 0 Å². The van der Waals surface area contributed by atoms with Crippen LogP contribution in [-0.2, 0) is 0 Å². The number of alkyl halides is 1. The van der Waals surface area contributed by atoms with Gasteiger partial charge in [0, 0.05) is 6.54 Å². The molecule has 14 heavy (non-hydrogen) atoms. The number of amides is 1. The van der Waals surface area contributed by atoms with Gasteiger partial charge in [-0.15, -0.1) is 0 Å². The van der Waals surface area contributed by atoms with Crippen molar-refractivity contribution in [3.63, 3.8) is 0 Å². The van der Waals surface area contributed by atoms with Gasteiger partial charge in [-0.05, 0) is 32.2 Å². The van der Waals surface area contributed by atoms with Crippen molar-refractivity contribution < 1.29 is 14.3 Å². The van der Waals surface area contributed by atoms with Crippen molar-refractivity contribution in [2.24, 2.45) is 5.73 Å². The highest BCUT2D eigenvalue weighted by atomic mass is 19.1. The molecule has 0 aromatic carbocycles. The quantitative estimate of drug-likeness (QED) is 0.726. The average Bonchev–Trinajstić information content (AvgIpc) is 2.15. The van der Waals surface area contributed by atoms with Gasteiger partial charge in [-0.2, -0.15) is 0 Å². The van der Waals surface area contributed by atoms with Crippen LogP contribution in [0.2, 0.25) is 0 Å². The van der Waals surface area contributed by atoms with Gasteiger partial charge in [-0.1, -0.05) is 0 Å². The monoisotopic (exact) mass is 204 g/mol. The first-order valence-corrected chi connectivity index (χ1v) is 4.94. The number of carbonyl (C=O) groups is 1. The van der Waals surface area contributed by atoms with E-state index < -0.39 is 11.8 Å². The summed E-state index contributed by atoms with van der Waals surface area (Å²) in [5.41, 5.74) is 3.95. The lowest BCUT2D eigenvalue weighted by molar-refractivity contribution is 0.0383. The predicted molar refractivity (Wildman–Crippen MR) is 51.0 cm³/mol. The number of nitrogens with zero attached hydrogens (tertiary/aromatic N) is 1. The fraction of sp³-hybridized carbons (Fsp3) is 0.889. The van der Waals surface area contributed by atoms with Gasteiger partial charge in [0.1, 0.15) is 5.67 Å². The summed E-state index contributed by atoms with van der Waals surface area (Å²) < 4.78 is 14.0. The van der Waals surface area contributed by atoms with Gasteiger partial charge < -0.3 is 15.7 Å². The lowest BCUT2D eigenvalue weighted by atomic mass is 9.90. The lowest BCUT2D eigenvalue weighted by Crippen LogP contribution is -2.47. The van der Waals surface area contributed by atoms with Crippen molar-refractivity contribution in [1.29, 1.82) is 0 Å². The van der Waals surface area contributed by atoms with E-state index in [2.05, 4.69) is 0 Å². The summed E-state index contributed by atoms with van der Waals surface area (Å²) in [6.45, 7) is 0.907. The van der Waals surface area contributed by atoms with Gasteiger partial charge in [0.15, 0.2) is 0 Å². The maximum atomic E-state index is 14.0. The summed E-state index contributed by atoms with van der Waals surface area (Å²) in [4.78, 5) is 11.8. The molecule has 1 aliphatic rings. The van der Waals surface area contributed by atoms with E-state index in [4.69, 9.17) is 10.8 Å². The highest BCUT2D eigenvalue weighted by Gasteiger charge is 2.36. The zero-order valence-electron chi connectivity index (χ0n) is 8.21. The summed E-state index contributed by atoms with van der Waals surface area (Å²) in [6.07, 6.45) is 1.01. The molecule has 1 rings (SSSR count). The van der Waals surface area contributed by atoms with Crippen LogP contribution in [0.25, 0.3) is 0 Å². The highest BCUT2D eigenvalue weighted by Crippen LogP contribution is 2.29. The van der Waals surface area contributed by atoms with E-state index in [0.29, 0.717) is 38.8 Å². The van der Waals surface area contributed by atoms with E-state index in [9.17, 15) is 9.18 Å². The van der Waals surface area contributed by atoms with Crippen LogP contribution in [0.5, 0.6) is 0 Å². The molecule has 1 amide bonds. The molecule has 0 saturated carbocycles. The van der Waals surface area contributed by atoms with Gasteiger partial charge in [-0.3, -0.25) is 0 Å². The Morgan fingerprint density at radius 1 is 1.64 bits per heavy atom. The Kier molecular flexibility index (Phi) is 3.69. The molecular formula is C9H17FN2O2. The minimum Gasteiger partial charge on any atom is -0.465 e. The van der Waals surface area contributed by atoms with Crippen LogP contribution >= 0.6 is 0 Å². The van der Waals surface area contributed by atoms with E-state index in [1.807, 2.05) is 0 Å². The summed E-state index contributed by atoms with van der Waals surface area (Å²) in [5, 5.41) is 8.73. The summed E-state index contributed by atoms with van der Waals surface area (Å²) in [5.74, 6) is 0. The second-order valence-electron chi connectivity index (χ2n) is 3.85. The topological polar surface area (TPSA) is 66.6 Å². The third-order valence-corrected chi connectivity index (χ3v) is 2.63. The van der Waals surface area contributed by atoms with Crippen LogP contribution in [0.1, 0.15) is 25.7 Å². The largest absolute Gasteiger partial charge is 0.465 e. The number of rotatable bonds is 3. The van der Waals surface area contributed by atoms with Gasteiger partial charge in [-0.25, -0.2) is 9.18 Å². The molecule has 5 heteroatoms. The SMILES string of the molecule is NCCCC1(F)CCCN(C(=O)O)C1. The molecule has 82 valence electrons. The van der Waals surface area contributed by atoms with Crippen molar-refractivity contribution in [1.82, 2.24) is 4.90 Å². The second-order valence-corrected chi connectivity index (χ2v) is 3.85. The van der Waals surface area contributed by atoms with E-state index in [1.54, 1.807) is 0 Å².